The average Bonchev–Trinajstić information content (AvgIpc) is 2.12. The number of rotatable bonds is 4. The molecule has 0 heterocycles. The van der Waals surface area contributed by atoms with E-state index in [0.29, 0.717) is 6.42 Å². The van der Waals surface area contributed by atoms with Gasteiger partial charge in [0.05, 0.1) is 12.7 Å². The Hall–Kier alpha value is -1.08. The second-order valence-electron chi connectivity index (χ2n) is 2.78. The van der Waals surface area contributed by atoms with E-state index in [1.54, 1.807) is 13.8 Å². The molecule has 0 saturated carbocycles. The predicted molar refractivity (Wildman–Crippen MR) is 44.1 cm³/mol. The van der Waals surface area contributed by atoms with Gasteiger partial charge in [0.1, 0.15) is 5.41 Å². The fourth-order valence-electron chi connectivity index (χ4n) is 0.655. The van der Waals surface area contributed by atoms with Crippen LogP contribution in [-0.4, -0.2) is 24.2 Å². The Bertz CT molecular complexity index is 198. The van der Waals surface area contributed by atoms with Gasteiger partial charge in [-0.2, -0.15) is 5.26 Å². The Labute approximate surface area is 72.2 Å². The molecule has 4 heteroatoms. The zero-order valence-corrected chi connectivity index (χ0v) is 7.42. The van der Waals surface area contributed by atoms with Crippen molar-refractivity contribution in [3.63, 3.8) is 0 Å². The number of hydrogen-bond donors (Lipinski definition) is 2. The molecule has 0 spiro atoms. The topological polar surface area (TPSA) is 73.1 Å². The van der Waals surface area contributed by atoms with E-state index in [4.69, 9.17) is 10.4 Å². The molecule has 1 unspecified atom stereocenters. The molecular weight excluding hydrogens is 156 g/mol. The van der Waals surface area contributed by atoms with Gasteiger partial charge in [-0.15, -0.1) is 0 Å². The smallest absolute Gasteiger partial charge is 0.240 e. The molecule has 0 radical (unpaired) electrons. The Balaban J connectivity index is 4.15. The quantitative estimate of drug-likeness (QED) is 0.625. The summed E-state index contributed by atoms with van der Waals surface area (Å²) < 4.78 is 0. The molecular formula is C8H14N2O2. The van der Waals surface area contributed by atoms with Crippen molar-refractivity contribution in [3.8, 4) is 6.07 Å². The first kappa shape index (κ1) is 10.9. The molecule has 2 N–H and O–H groups in total. The maximum absolute atomic E-state index is 11.2. The van der Waals surface area contributed by atoms with Gasteiger partial charge < -0.3 is 10.4 Å². The molecule has 68 valence electrons. The summed E-state index contributed by atoms with van der Waals surface area (Å²) in [5, 5.41) is 19.6. The maximum Gasteiger partial charge on any atom is 0.240 e. The zero-order valence-electron chi connectivity index (χ0n) is 7.42. The van der Waals surface area contributed by atoms with Crippen molar-refractivity contribution in [1.29, 1.82) is 5.26 Å². The van der Waals surface area contributed by atoms with Crippen LogP contribution in [0.15, 0.2) is 0 Å². The third-order valence-electron chi connectivity index (χ3n) is 1.85. The van der Waals surface area contributed by atoms with Crippen LogP contribution in [0.3, 0.4) is 0 Å². The van der Waals surface area contributed by atoms with Crippen molar-refractivity contribution in [2.24, 2.45) is 5.41 Å². The second-order valence-corrected chi connectivity index (χ2v) is 2.78. The molecule has 0 aromatic carbocycles. The molecule has 0 aliphatic heterocycles. The van der Waals surface area contributed by atoms with E-state index >= 15 is 0 Å². The first-order chi connectivity index (χ1) is 5.60. The number of carbonyl (C=O) groups is 1. The van der Waals surface area contributed by atoms with Crippen LogP contribution in [0, 0.1) is 16.7 Å². The minimum Gasteiger partial charge on any atom is -0.395 e. The van der Waals surface area contributed by atoms with Crippen LogP contribution in [0.2, 0.25) is 0 Å². The van der Waals surface area contributed by atoms with Gasteiger partial charge >= 0.3 is 0 Å². The SMILES string of the molecule is CCC(C)(C#N)C(=O)NCCO. The summed E-state index contributed by atoms with van der Waals surface area (Å²) in [7, 11) is 0. The molecule has 0 aliphatic carbocycles. The number of aliphatic hydroxyl groups excluding tert-OH is 1. The lowest BCUT2D eigenvalue weighted by atomic mass is 9.88. The third kappa shape index (κ3) is 2.51. The molecule has 4 nitrogen and oxygen atoms in total. The number of nitrogens with one attached hydrogen (secondary N) is 1. The van der Waals surface area contributed by atoms with Gasteiger partial charge in [0.15, 0.2) is 0 Å². The number of aliphatic hydroxyl groups is 1. The minimum absolute atomic E-state index is 0.100. The number of nitrogens with zero attached hydrogens (tertiary/aromatic N) is 1. The highest BCUT2D eigenvalue weighted by molar-refractivity contribution is 5.84. The standard InChI is InChI=1S/C8H14N2O2/c1-3-8(2,6-9)7(12)10-4-5-11/h11H,3-5H2,1-2H3,(H,10,12). The van der Waals surface area contributed by atoms with Gasteiger partial charge in [0, 0.05) is 6.54 Å². The Morgan fingerprint density at radius 3 is 2.67 bits per heavy atom. The van der Waals surface area contributed by atoms with Crippen molar-refractivity contribution < 1.29 is 9.90 Å². The molecule has 1 atom stereocenters. The molecule has 0 rings (SSSR count). The molecule has 0 aromatic heterocycles. The van der Waals surface area contributed by atoms with Crippen LogP contribution in [0.25, 0.3) is 0 Å². The van der Waals surface area contributed by atoms with Crippen LogP contribution in [-0.2, 0) is 4.79 Å². The summed E-state index contributed by atoms with van der Waals surface area (Å²) in [5.41, 5.74) is -0.963. The Morgan fingerprint density at radius 1 is 1.75 bits per heavy atom. The maximum atomic E-state index is 11.2. The Kier molecular flexibility index (Phi) is 4.30. The predicted octanol–water partition coefficient (Wildman–Crippen LogP) is 0.0348. The summed E-state index contributed by atoms with van der Waals surface area (Å²) >= 11 is 0. The van der Waals surface area contributed by atoms with E-state index in [1.165, 1.54) is 0 Å². The van der Waals surface area contributed by atoms with E-state index in [-0.39, 0.29) is 19.1 Å². The summed E-state index contributed by atoms with van der Waals surface area (Å²) in [6.45, 7) is 3.47. The number of carbonyl (C=O) groups excluding carboxylic acids is 1. The van der Waals surface area contributed by atoms with E-state index in [9.17, 15) is 4.79 Å². The summed E-state index contributed by atoms with van der Waals surface area (Å²) in [6, 6.07) is 1.94. The number of nitriles is 1. The van der Waals surface area contributed by atoms with Crippen molar-refractivity contribution >= 4 is 5.91 Å². The molecule has 0 aliphatic rings. The minimum atomic E-state index is -0.963. The lowest BCUT2D eigenvalue weighted by molar-refractivity contribution is -0.127. The van der Waals surface area contributed by atoms with Crippen molar-refractivity contribution in [1.82, 2.24) is 5.32 Å². The van der Waals surface area contributed by atoms with Crippen LogP contribution in [0.1, 0.15) is 20.3 Å². The highest BCUT2D eigenvalue weighted by Gasteiger charge is 2.30. The van der Waals surface area contributed by atoms with Gasteiger partial charge in [-0.25, -0.2) is 0 Å². The molecule has 0 aromatic rings. The van der Waals surface area contributed by atoms with Crippen molar-refractivity contribution in [2.45, 2.75) is 20.3 Å². The summed E-state index contributed by atoms with van der Waals surface area (Å²) in [6.07, 6.45) is 0.473. The van der Waals surface area contributed by atoms with E-state index in [2.05, 4.69) is 5.32 Å². The lowest BCUT2D eigenvalue weighted by Gasteiger charge is -2.17. The Morgan fingerprint density at radius 2 is 2.33 bits per heavy atom. The monoisotopic (exact) mass is 170 g/mol. The van der Waals surface area contributed by atoms with Gasteiger partial charge in [-0.05, 0) is 13.3 Å². The molecule has 0 fully saturated rings. The highest BCUT2D eigenvalue weighted by atomic mass is 16.3. The van der Waals surface area contributed by atoms with E-state index in [1.807, 2.05) is 6.07 Å². The molecule has 0 saturated heterocycles. The van der Waals surface area contributed by atoms with Crippen LogP contribution < -0.4 is 5.32 Å². The fourth-order valence-corrected chi connectivity index (χ4v) is 0.655. The largest absolute Gasteiger partial charge is 0.395 e. The highest BCUT2D eigenvalue weighted by Crippen LogP contribution is 2.19. The molecule has 1 amide bonds. The number of hydrogen-bond acceptors (Lipinski definition) is 3. The van der Waals surface area contributed by atoms with Crippen LogP contribution in [0.4, 0.5) is 0 Å². The molecule has 0 bridgehead atoms. The van der Waals surface area contributed by atoms with Crippen molar-refractivity contribution in [3.05, 3.63) is 0 Å². The van der Waals surface area contributed by atoms with Gasteiger partial charge in [-0.3, -0.25) is 4.79 Å². The lowest BCUT2D eigenvalue weighted by Crippen LogP contribution is -2.38. The summed E-state index contributed by atoms with van der Waals surface area (Å²) in [5.74, 6) is -0.318. The first-order valence-corrected chi connectivity index (χ1v) is 3.91. The second kappa shape index (κ2) is 4.73. The number of amides is 1. The van der Waals surface area contributed by atoms with Crippen LogP contribution >= 0.6 is 0 Å². The fraction of sp³-hybridized carbons (Fsp3) is 0.750. The van der Waals surface area contributed by atoms with Gasteiger partial charge in [0.2, 0.25) is 5.91 Å². The third-order valence-corrected chi connectivity index (χ3v) is 1.85. The molecule has 12 heavy (non-hydrogen) atoms. The first-order valence-electron chi connectivity index (χ1n) is 3.91. The normalized spacial score (nSPS) is 14.5. The van der Waals surface area contributed by atoms with E-state index < -0.39 is 5.41 Å². The zero-order chi connectivity index (χ0) is 9.61. The van der Waals surface area contributed by atoms with Gasteiger partial charge in [0.25, 0.3) is 0 Å². The van der Waals surface area contributed by atoms with Gasteiger partial charge in [-0.1, -0.05) is 6.92 Å². The average molecular weight is 170 g/mol. The summed E-state index contributed by atoms with van der Waals surface area (Å²) in [4.78, 5) is 11.2. The van der Waals surface area contributed by atoms with Crippen LogP contribution in [0.5, 0.6) is 0 Å². The van der Waals surface area contributed by atoms with Crippen molar-refractivity contribution in [2.75, 3.05) is 13.2 Å². The van der Waals surface area contributed by atoms with E-state index in [0.717, 1.165) is 0 Å².